The second-order valence-electron chi connectivity index (χ2n) is 6.18. The first-order valence-corrected chi connectivity index (χ1v) is 8.43. The van der Waals surface area contributed by atoms with E-state index >= 15 is 0 Å². The lowest BCUT2D eigenvalue weighted by atomic mass is 10.2. The third kappa shape index (κ3) is 5.00. The molecule has 0 fully saturated rings. The highest BCUT2D eigenvalue weighted by Crippen LogP contribution is 2.11. The van der Waals surface area contributed by atoms with Gasteiger partial charge in [-0.15, -0.1) is 0 Å². The third-order valence-electron chi connectivity index (χ3n) is 3.94. The monoisotopic (exact) mass is 352 g/mol. The highest BCUT2D eigenvalue weighted by molar-refractivity contribution is 5.90. The zero-order valence-electron chi connectivity index (χ0n) is 14.6. The van der Waals surface area contributed by atoms with Gasteiger partial charge in [-0.1, -0.05) is 24.3 Å². The van der Waals surface area contributed by atoms with Gasteiger partial charge >= 0.3 is 0 Å². The summed E-state index contributed by atoms with van der Waals surface area (Å²) in [5, 5.41) is 7.08. The quantitative estimate of drug-likeness (QED) is 0.708. The molecule has 0 saturated carbocycles. The van der Waals surface area contributed by atoms with Crippen molar-refractivity contribution in [3.8, 4) is 5.69 Å². The number of carbonyl (C=O) groups excluding carboxylic acids is 1. The van der Waals surface area contributed by atoms with E-state index in [9.17, 15) is 9.18 Å². The molecule has 0 radical (unpaired) electrons. The van der Waals surface area contributed by atoms with E-state index in [0.717, 1.165) is 11.3 Å². The van der Waals surface area contributed by atoms with Crippen molar-refractivity contribution in [1.29, 1.82) is 0 Å². The molecule has 3 aromatic rings. The van der Waals surface area contributed by atoms with Gasteiger partial charge < -0.3 is 10.2 Å². The standard InChI is InChI=1S/C20H21FN4O/c1-24(11-10-20(26)23-18-7-5-6-17(21)12-18)14-16-13-22-25(15-16)19-8-3-2-4-9-19/h2-9,12-13,15H,10-11,14H2,1H3,(H,23,26). The topological polar surface area (TPSA) is 50.2 Å². The molecule has 6 heteroatoms. The van der Waals surface area contributed by atoms with Crippen molar-refractivity contribution in [2.45, 2.75) is 13.0 Å². The van der Waals surface area contributed by atoms with Gasteiger partial charge in [0, 0.05) is 37.0 Å². The SMILES string of the molecule is CN(CCC(=O)Nc1cccc(F)c1)Cc1cnn(-c2ccccc2)c1. The fourth-order valence-corrected chi connectivity index (χ4v) is 2.64. The molecule has 0 aliphatic carbocycles. The molecule has 0 bridgehead atoms. The van der Waals surface area contributed by atoms with E-state index in [4.69, 9.17) is 0 Å². The van der Waals surface area contributed by atoms with Gasteiger partial charge in [0.2, 0.25) is 5.91 Å². The average Bonchev–Trinajstić information content (AvgIpc) is 3.09. The second kappa shape index (κ2) is 8.40. The largest absolute Gasteiger partial charge is 0.326 e. The highest BCUT2D eigenvalue weighted by Gasteiger charge is 2.08. The zero-order valence-corrected chi connectivity index (χ0v) is 14.6. The van der Waals surface area contributed by atoms with E-state index in [1.165, 1.54) is 12.1 Å². The Kier molecular flexibility index (Phi) is 5.76. The second-order valence-corrected chi connectivity index (χ2v) is 6.18. The van der Waals surface area contributed by atoms with Gasteiger partial charge in [0.25, 0.3) is 0 Å². The number of nitrogens with zero attached hydrogens (tertiary/aromatic N) is 3. The maximum atomic E-state index is 13.1. The molecule has 5 nitrogen and oxygen atoms in total. The number of amides is 1. The van der Waals surface area contributed by atoms with Crippen LogP contribution in [-0.4, -0.2) is 34.2 Å². The molecular formula is C20H21FN4O. The Hall–Kier alpha value is -2.99. The van der Waals surface area contributed by atoms with Gasteiger partial charge in [0.15, 0.2) is 0 Å². The molecular weight excluding hydrogens is 331 g/mol. The highest BCUT2D eigenvalue weighted by atomic mass is 19.1. The molecule has 3 rings (SSSR count). The number of hydrogen-bond donors (Lipinski definition) is 1. The van der Waals surface area contributed by atoms with Crippen LogP contribution in [0.1, 0.15) is 12.0 Å². The predicted octanol–water partition coefficient (Wildman–Crippen LogP) is 3.47. The van der Waals surface area contributed by atoms with E-state index in [1.807, 2.05) is 54.5 Å². The molecule has 1 aromatic heterocycles. The summed E-state index contributed by atoms with van der Waals surface area (Å²) in [5.74, 6) is -0.502. The number of carbonyl (C=O) groups is 1. The van der Waals surface area contributed by atoms with Gasteiger partial charge in [-0.3, -0.25) is 4.79 Å². The number of halogens is 1. The molecule has 134 valence electrons. The summed E-state index contributed by atoms with van der Waals surface area (Å²) in [5.41, 5.74) is 2.56. The summed E-state index contributed by atoms with van der Waals surface area (Å²) in [4.78, 5) is 14.0. The smallest absolute Gasteiger partial charge is 0.225 e. The molecule has 0 atom stereocenters. The number of benzene rings is 2. The Labute approximate surface area is 152 Å². The van der Waals surface area contributed by atoms with Crippen LogP contribution in [0.2, 0.25) is 0 Å². The van der Waals surface area contributed by atoms with E-state index in [0.29, 0.717) is 25.2 Å². The molecule has 1 N–H and O–H groups in total. The average molecular weight is 352 g/mol. The summed E-state index contributed by atoms with van der Waals surface area (Å²) in [7, 11) is 1.95. The van der Waals surface area contributed by atoms with Gasteiger partial charge in [-0.05, 0) is 37.4 Å². The van der Waals surface area contributed by atoms with Crippen LogP contribution in [-0.2, 0) is 11.3 Å². The van der Waals surface area contributed by atoms with Crippen molar-refractivity contribution < 1.29 is 9.18 Å². The van der Waals surface area contributed by atoms with E-state index < -0.39 is 0 Å². The van der Waals surface area contributed by atoms with Gasteiger partial charge in [-0.25, -0.2) is 9.07 Å². The van der Waals surface area contributed by atoms with Crippen LogP contribution >= 0.6 is 0 Å². The van der Waals surface area contributed by atoms with E-state index in [2.05, 4.69) is 15.3 Å². The molecule has 0 unspecified atom stereocenters. The first-order valence-electron chi connectivity index (χ1n) is 8.43. The van der Waals surface area contributed by atoms with Crippen molar-refractivity contribution in [2.24, 2.45) is 0 Å². The van der Waals surface area contributed by atoms with Crippen molar-refractivity contribution in [2.75, 3.05) is 18.9 Å². The molecule has 1 amide bonds. The number of para-hydroxylation sites is 1. The van der Waals surface area contributed by atoms with Crippen molar-refractivity contribution in [3.63, 3.8) is 0 Å². The van der Waals surface area contributed by atoms with Gasteiger partial charge in [0.05, 0.1) is 11.9 Å². The molecule has 0 aliphatic heterocycles. The molecule has 1 heterocycles. The number of rotatable bonds is 7. The lowest BCUT2D eigenvalue weighted by molar-refractivity contribution is -0.116. The minimum absolute atomic E-state index is 0.137. The lowest BCUT2D eigenvalue weighted by Gasteiger charge is -2.15. The molecule has 26 heavy (non-hydrogen) atoms. The molecule has 0 saturated heterocycles. The fourth-order valence-electron chi connectivity index (χ4n) is 2.64. The maximum Gasteiger partial charge on any atom is 0.225 e. The van der Waals surface area contributed by atoms with Gasteiger partial charge in [0.1, 0.15) is 5.82 Å². The summed E-state index contributed by atoms with van der Waals surface area (Å²) < 4.78 is 15.0. The summed E-state index contributed by atoms with van der Waals surface area (Å²) in [6, 6.07) is 15.8. The Morgan fingerprint density at radius 3 is 2.77 bits per heavy atom. The lowest BCUT2D eigenvalue weighted by Crippen LogP contribution is -2.23. The first-order chi connectivity index (χ1) is 12.6. The first kappa shape index (κ1) is 17.8. The van der Waals surface area contributed by atoms with E-state index in [1.54, 1.807) is 12.1 Å². The van der Waals surface area contributed by atoms with Crippen LogP contribution in [0.3, 0.4) is 0 Å². The summed E-state index contributed by atoms with van der Waals surface area (Å²) >= 11 is 0. The number of nitrogens with one attached hydrogen (secondary N) is 1. The van der Waals surface area contributed by atoms with Crippen LogP contribution in [0.4, 0.5) is 10.1 Å². The Morgan fingerprint density at radius 1 is 1.19 bits per heavy atom. The van der Waals surface area contributed by atoms with Gasteiger partial charge in [-0.2, -0.15) is 5.10 Å². The van der Waals surface area contributed by atoms with Crippen LogP contribution in [0.15, 0.2) is 67.0 Å². The summed E-state index contributed by atoms with van der Waals surface area (Å²) in [6.45, 7) is 1.29. The van der Waals surface area contributed by atoms with Crippen LogP contribution in [0.5, 0.6) is 0 Å². The Balaban J connectivity index is 1.47. The van der Waals surface area contributed by atoms with E-state index in [-0.39, 0.29) is 11.7 Å². The zero-order chi connectivity index (χ0) is 18.4. The van der Waals surface area contributed by atoms with Crippen LogP contribution < -0.4 is 5.32 Å². The number of anilines is 1. The number of aromatic nitrogens is 2. The Bertz CT molecular complexity index is 863. The van der Waals surface area contributed by atoms with Crippen molar-refractivity contribution in [1.82, 2.24) is 14.7 Å². The third-order valence-corrected chi connectivity index (χ3v) is 3.94. The normalized spacial score (nSPS) is 10.9. The molecule has 0 spiro atoms. The molecule has 0 aliphatic rings. The fraction of sp³-hybridized carbons (Fsp3) is 0.200. The molecule has 2 aromatic carbocycles. The predicted molar refractivity (Wildman–Crippen MR) is 99.5 cm³/mol. The van der Waals surface area contributed by atoms with Crippen molar-refractivity contribution in [3.05, 3.63) is 78.4 Å². The van der Waals surface area contributed by atoms with Crippen LogP contribution in [0, 0.1) is 5.82 Å². The Morgan fingerprint density at radius 2 is 2.00 bits per heavy atom. The minimum atomic E-state index is -0.365. The number of hydrogen-bond acceptors (Lipinski definition) is 3. The van der Waals surface area contributed by atoms with Crippen LogP contribution in [0.25, 0.3) is 5.69 Å². The maximum absolute atomic E-state index is 13.1. The van der Waals surface area contributed by atoms with Crippen molar-refractivity contribution >= 4 is 11.6 Å². The summed E-state index contributed by atoms with van der Waals surface area (Å²) in [6.07, 6.45) is 4.15. The minimum Gasteiger partial charge on any atom is -0.326 e.